The first-order chi connectivity index (χ1) is 13.0. The Balaban J connectivity index is 1.59. The van der Waals surface area contributed by atoms with Gasteiger partial charge in [0.1, 0.15) is 0 Å². The number of benzene rings is 1. The molecule has 2 heterocycles. The molecule has 2 aromatic rings. The standard InChI is InChI=1S/C19H26N4O4S/c1-19(2,3)18-21-20-16(27-18)13-22-8-10-23(11-9-22)17(24)14-6-5-7-15(12-14)28(4,25)26/h5-7,12H,8-11,13H2,1-4H3. The van der Waals surface area contributed by atoms with Gasteiger partial charge in [-0.15, -0.1) is 10.2 Å². The molecule has 0 aliphatic carbocycles. The monoisotopic (exact) mass is 406 g/mol. The van der Waals surface area contributed by atoms with E-state index < -0.39 is 9.84 Å². The van der Waals surface area contributed by atoms with Crippen LogP contribution in [0.4, 0.5) is 0 Å². The molecule has 0 atom stereocenters. The van der Waals surface area contributed by atoms with E-state index in [0.29, 0.717) is 50.1 Å². The molecule has 152 valence electrons. The zero-order valence-corrected chi connectivity index (χ0v) is 17.5. The van der Waals surface area contributed by atoms with Gasteiger partial charge in [-0.3, -0.25) is 9.69 Å². The van der Waals surface area contributed by atoms with E-state index in [1.165, 1.54) is 12.1 Å². The van der Waals surface area contributed by atoms with Gasteiger partial charge in [-0.25, -0.2) is 8.42 Å². The maximum absolute atomic E-state index is 12.7. The minimum absolute atomic E-state index is 0.155. The Hall–Kier alpha value is -2.26. The number of rotatable bonds is 4. The summed E-state index contributed by atoms with van der Waals surface area (Å²) in [6.07, 6.45) is 1.14. The number of piperazine rings is 1. The molecule has 1 amide bonds. The van der Waals surface area contributed by atoms with E-state index in [4.69, 9.17) is 4.42 Å². The van der Waals surface area contributed by atoms with Crippen molar-refractivity contribution in [2.75, 3.05) is 32.4 Å². The molecule has 1 aliphatic heterocycles. The molecule has 0 N–H and O–H groups in total. The Kier molecular flexibility index (Phi) is 5.58. The topological polar surface area (TPSA) is 96.6 Å². The molecule has 0 unspecified atom stereocenters. The third kappa shape index (κ3) is 4.77. The summed E-state index contributed by atoms with van der Waals surface area (Å²) in [6.45, 7) is 9.10. The van der Waals surface area contributed by atoms with Crippen molar-refractivity contribution >= 4 is 15.7 Å². The number of nitrogens with zero attached hydrogens (tertiary/aromatic N) is 4. The quantitative estimate of drug-likeness (QED) is 0.763. The van der Waals surface area contributed by atoms with Gasteiger partial charge in [-0.2, -0.15) is 0 Å². The third-order valence-electron chi connectivity index (χ3n) is 4.64. The maximum Gasteiger partial charge on any atom is 0.253 e. The van der Waals surface area contributed by atoms with Crippen LogP contribution in [0.3, 0.4) is 0 Å². The summed E-state index contributed by atoms with van der Waals surface area (Å²) in [7, 11) is -3.34. The molecule has 1 aliphatic rings. The van der Waals surface area contributed by atoms with Gasteiger partial charge in [0.05, 0.1) is 11.4 Å². The van der Waals surface area contributed by atoms with Crippen molar-refractivity contribution in [1.29, 1.82) is 0 Å². The number of carbonyl (C=O) groups excluding carboxylic acids is 1. The second-order valence-electron chi connectivity index (χ2n) is 8.12. The molecule has 0 saturated carbocycles. The van der Waals surface area contributed by atoms with Crippen molar-refractivity contribution in [2.24, 2.45) is 0 Å². The zero-order chi connectivity index (χ0) is 20.5. The number of aromatic nitrogens is 2. The number of sulfone groups is 1. The Morgan fingerprint density at radius 2 is 1.82 bits per heavy atom. The molecule has 8 nitrogen and oxygen atoms in total. The van der Waals surface area contributed by atoms with Gasteiger partial charge in [0.25, 0.3) is 5.91 Å². The third-order valence-corrected chi connectivity index (χ3v) is 5.75. The SMILES string of the molecule is CC(C)(C)c1nnc(CN2CCN(C(=O)c3cccc(S(C)(=O)=O)c3)CC2)o1. The van der Waals surface area contributed by atoms with Crippen molar-refractivity contribution in [3.63, 3.8) is 0 Å². The van der Waals surface area contributed by atoms with Crippen LogP contribution in [-0.2, 0) is 21.8 Å². The number of carbonyl (C=O) groups is 1. The molecule has 9 heteroatoms. The van der Waals surface area contributed by atoms with Crippen LogP contribution in [0.15, 0.2) is 33.6 Å². The lowest BCUT2D eigenvalue weighted by atomic mass is 9.97. The highest BCUT2D eigenvalue weighted by atomic mass is 32.2. The molecule has 0 spiro atoms. The van der Waals surface area contributed by atoms with Crippen LogP contribution in [0, 0.1) is 0 Å². The van der Waals surface area contributed by atoms with E-state index in [1.54, 1.807) is 17.0 Å². The lowest BCUT2D eigenvalue weighted by Crippen LogP contribution is -2.48. The van der Waals surface area contributed by atoms with Gasteiger partial charge in [-0.05, 0) is 18.2 Å². The number of amides is 1. The summed E-state index contributed by atoms with van der Waals surface area (Å²) in [4.78, 5) is 16.8. The highest BCUT2D eigenvalue weighted by molar-refractivity contribution is 7.90. The van der Waals surface area contributed by atoms with Crippen LogP contribution >= 0.6 is 0 Å². The molecule has 0 bridgehead atoms. The molecule has 3 rings (SSSR count). The van der Waals surface area contributed by atoms with E-state index in [2.05, 4.69) is 15.1 Å². The van der Waals surface area contributed by atoms with Gasteiger partial charge in [0.15, 0.2) is 9.84 Å². The van der Waals surface area contributed by atoms with Crippen molar-refractivity contribution < 1.29 is 17.6 Å². The molecule has 1 fully saturated rings. The second kappa shape index (κ2) is 7.63. The summed E-state index contributed by atoms with van der Waals surface area (Å²) in [5.41, 5.74) is 0.208. The first kappa shape index (κ1) is 20.5. The van der Waals surface area contributed by atoms with Crippen molar-refractivity contribution in [1.82, 2.24) is 20.0 Å². The Labute approximate surface area is 165 Å². The van der Waals surface area contributed by atoms with Crippen LogP contribution in [-0.4, -0.2) is 66.8 Å². The first-order valence-corrected chi connectivity index (χ1v) is 11.1. The highest BCUT2D eigenvalue weighted by Gasteiger charge is 2.25. The molecule has 28 heavy (non-hydrogen) atoms. The zero-order valence-electron chi connectivity index (χ0n) is 16.7. The summed E-state index contributed by atoms with van der Waals surface area (Å²) in [6, 6.07) is 6.19. The predicted molar refractivity (Wildman–Crippen MR) is 104 cm³/mol. The van der Waals surface area contributed by atoms with Crippen LogP contribution in [0.25, 0.3) is 0 Å². The van der Waals surface area contributed by atoms with Crippen LogP contribution in [0.5, 0.6) is 0 Å². The van der Waals surface area contributed by atoms with E-state index in [1.807, 2.05) is 20.8 Å². The fourth-order valence-corrected chi connectivity index (χ4v) is 3.63. The average Bonchev–Trinajstić information content (AvgIpc) is 3.10. The van der Waals surface area contributed by atoms with E-state index >= 15 is 0 Å². The van der Waals surface area contributed by atoms with Gasteiger partial charge < -0.3 is 9.32 Å². The normalized spacial score (nSPS) is 16.4. The molecular formula is C19H26N4O4S. The van der Waals surface area contributed by atoms with E-state index in [-0.39, 0.29) is 16.2 Å². The summed E-state index contributed by atoms with van der Waals surface area (Å²) in [5.74, 6) is 1.03. The van der Waals surface area contributed by atoms with Crippen LogP contribution in [0.2, 0.25) is 0 Å². The lowest BCUT2D eigenvalue weighted by molar-refractivity contribution is 0.0616. The van der Waals surface area contributed by atoms with E-state index in [0.717, 1.165) is 6.26 Å². The minimum atomic E-state index is -3.34. The fraction of sp³-hybridized carbons (Fsp3) is 0.526. The van der Waals surface area contributed by atoms with Crippen LogP contribution in [0.1, 0.15) is 42.9 Å². The molecule has 0 radical (unpaired) electrons. The lowest BCUT2D eigenvalue weighted by Gasteiger charge is -2.34. The Morgan fingerprint density at radius 1 is 1.14 bits per heavy atom. The second-order valence-corrected chi connectivity index (χ2v) is 10.1. The van der Waals surface area contributed by atoms with Crippen molar-refractivity contribution in [2.45, 2.75) is 37.6 Å². The average molecular weight is 407 g/mol. The molecule has 1 aromatic carbocycles. The predicted octanol–water partition coefficient (Wildman–Crippen LogP) is 1.73. The Morgan fingerprint density at radius 3 is 2.39 bits per heavy atom. The van der Waals surface area contributed by atoms with Crippen molar-refractivity contribution in [3.05, 3.63) is 41.6 Å². The maximum atomic E-state index is 12.7. The van der Waals surface area contributed by atoms with Gasteiger partial charge >= 0.3 is 0 Å². The first-order valence-electron chi connectivity index (χ1n) is 9.18. The Bertz CT molecular complexity index is 954. The van der Waals surface area contributed by atoms with Gasteiger partial charge in [-0.1, -0.05) is 26.8 Å². The molecule has 1 saturated heterocycles. The summed E-state index contributed by atoms with van der Waals surface area (Å²) < 4.78 is 29.2. The minimum Gasteiger partial charge on any atom is -0.423 e. The smallest absolute Gasteiger partial charge is 0.253 e. The largest absolute Gasteiger partial charge is 0.423 e. The highest BCUT2D eigenvalue weighted by Crippen LogP contribution is 2.21. The van der Waals surface area contributed by atoms with Crippen LogP contribution < -0.4 is 0 Å². The van der Waals surface area contributed by atoms with Gasteiger partial charge in [0, 0.05) is 43.4 Å². The van der Waals surface area contributed by atoms with E-state index in [9.17, 15) is 13.2 Å². The fourth-order valence-electron chi connectivity index (χ4n) is 2.96. The number of hydrogen-bond acceptors (Lipinski definition) is 7. The van der Waals surface area contributed by atoms with Crippen molar-refractivity contribution in [3.8, 4) is 0 Å². The summed E-state index contributed by atoms with van der Waals surface area (Å²) in [5, 5.41) is 8.22. The van der Waals surface area contributed by atoms with Gasteiger partial charge in [0.2, 0.25) is 11.8 Å². The molecule has 1 aromatic heterocycles. The number of hydrogen-bond donors (Lipinski definition) is 0. The molecular weight excluding hydrogens is 380 g/mol. The summed E-state index contributed by atoms with van der Waals surface area (Å²) >= 11 is 0.